The van der Waals surface area contributed by atoms with Gasteiger partial charge in [-0.25, -0.2) is 4.98 Å². The summed E-state index contributed by atoms with van der Waals surface area (Å²) in [5.41, 5.74) is 0. The number of hydrogen-bond acceptors (Lipinski definition) is 4. The van der Waals surface area contributed by atoms with Crippen LogP contribution >= 0.6 is 11.3 Å². The van der Waals surface area contributed by atoms with Gasteiger partial charge >= 0.3 is 0 Å². The Morgan fingerprint density at radius 2 is 2.31 bits per heavy atom. The molecule has 1 atom stereocenters. The summed E-state index contributed by atoms with van der Waals surface area (Å²) in [6.07, 6.45) is 5.64. The van der Waals surface area contributed by atoms with Crippen LogP contribution in [0.25, 0.3) is 0 Å². The zero-order valence-electron chi connectivity index (χ0n) is 10.2. The highest BCUT2D eigenvalue weighted by Crippen LogP contribution is 2.12. The minimum atomic E-state index is -0.128. The Morgan fingerprint density at radius 3 is 2.94 bits per heavy atom. The predicted molar refractivity (Wildman–Crippen MR) is 68.7 cm³/mol. The summed E-state index contributed by atoms with van der Waals surface area (Å²) in [4.78, 5) is 5.61. The number of rotatable bonds is 8. The van der Waals surface area contributed by atoms with Crippen LogP contribution in [-0.4, -0.2) is 22.7 Å². The number of aryl methyl sites for hydroxylation is 1. The molecule has 3 nitrogen and oxygen atoms in total. The Labute approximate surface area is 102 Å². The van der Waals surface area contributed by atoms with Gasteiger partial charge in [-0.2, -0.15) is 0 Å². The lowest BCUT2D eigenvalue weighted by molar-refractivity contribution is 0.157. The minimum Gasteiger partial charge on any atom is -0.393 e. The first-order valence-corrected chi connectivity index (χ1v) is 6.90. The van der Waals surface area contributed by atoms with Crippen molar-refractivity contribution in [3.63, 3.8) is 0 Å². The van der Waals surface area contributed by atoms with Crippen molar-refractivity contribution in [2.75, 3.05) is 6.54 Å². The zero-order valence-corrected chi connectivity index (χ0v) is 11.0. The van der Waals surface area contributed by atoms with E-state index in [1.54, 1.807) is 11.3 Å². The van der Waals surface area contributed by atoms with Crippen LogP contribution in [0.5, 0.6) is 0 Å². The molecule has 0 aromatic carbocycles. The van der Waals surface area contributed by atoms with Gasteiger partial charge in [-0.05, 0) is 32.2 Å². The molecule has 0 aliphatic carbocycles. The molecule has 1 aromatic heterocycles. The smallest absolute Gasteiger partial charge is 0.0925 e. The number of aliphatic hydroxyl groups is 1. The van der Waals surface area contributed by atoms with Crippen LogP contribution < -0.4 is 5.32 Å². The molecule has 0 fully saturated rings. The summed E-state index contributed by atoms with van der Waals surface area (Å²) in [6, 6.07) is 0. The minimum absolute atomic E-state index is 0.128. The Kier molecular flexibility index (Phi) is 6.61. The van der Waals surface area contributed by atoms with Gasteiger partial charge in [0.25, 0.3) is 0 Å². The number of aromatic nitrogens is 1. The largest absolute Gasteiger partial charge is 0.393 e. The van der Waals surface area contributed by atoms with Gasteiger partial charge < -0.3 is 10.4 Å². The molecule has 92 valence electrons. The van der Waals surface area contributed by atoms with Crippen molar-refractivity contribution >= 4 is 11.3 Å². The third-order valence-corrected chi connectivity index (χ3v) is 3.71. The molecule has 0 saturated carbocycles. The van der Waals surface area contributed by atoms with Crippen molar-refractivity contribution in [1.29, 1.82) is 0 Å². The Hall–Kier alpha value is -0.450. The predicted octanol–water partition coefficient (Wildman–Crippen LogP) is 2.35. The van der Waals surface area contributed by atoms with Gasteiger partial charge in [-0.1, -0.05) is 13.8 Å². The van der Waals surface area contributed by atoms with Crippen LogP contribution in [0, 0.1) is 0 Å². The van der Waals surface area contributed by atoms with Crippen LogP contribution in [0.3, 0.4) is 0 Å². The first kappa shape index (κ1) is 13.6. The van der Waals surface area contributed by atoms with Crippen LogP contribution in [0.15, 0.2) is 6.20 Å². The molecule has 0 aliphatic heterocycles. The molecule has 1 aromatic rings. The van der Waals surface area contributed by atoms with Gasteiger partial charge in [-0.3, -0.25) is 0 Å². The summed E-state index contributed by atoms with van der Waals surface area (Å²) in [5, 5.41) is 14.0. The first-order chi connectivity index (χ1) is 7.76. The summed E-state index contributed by atoms with van der Waals surface area (Å²) in [7, 11) is 0. The Morgan fingerprint density at radius 1 is 1.50 bits per heavy atom. The van der Waals surface area contributed by atoms with E-state index in [2.05, 4.69) is 17.2 Å². The lowest BCUT2D eigenvalue weighted by Crippen LogP contribution is -2.16. The second-order valence-corrected chi connectivity index (χ2v) is 5.15. The molecule has 1 rings (SSSR count). The highest BCUT2D eigenvalue weighted by molar-refractivity contribution is 7.11. The Bertz CT molecular complexity index is 288. The molecule has 0 bridgehead atoms. The first-order valence-electron chi connectivity index (χ1n) is 6.08. The van der Waals surface area contributed by atoms with Gasteiger partial charge in [0.1, 0.15) is 0 Å². The fourth-order valence-electron chi connectivity index (χ4n) is 1.47. The second-order valence-electron chi connectivity index (χ2n) is 3.95. The van der Waals surface area contributed by atoms with Crippen molar-refractivity contribution in [3.8, 4) is 0 Å². The molecule has 0 aliphatic rings. The van der Waals surface area contributed by atoms with E-state index in [1.807, 2.05) is 13.1 Å². The molecule has 16 heavy (non-hydrogen) atoms. The summed E-state index contributed by atoms with van der Waals surface area (Å²) < 4.78 is 0. The van der Waals surface area contributed by atoms with E-state index >= 15 is 0 Å². The van der Waals surface area contributed by atoms with E-state index in [1.165, 1.54) is 9.88 Å². The van der Waals surface area contributed by atoms with Crippen LogP contribution in [0.1, 0.15) is 43.0 Å². The van der Waals surface area contributed by atoms with E-state index in [0.717, 1.165) is 38.8 Å². The Balaban J connectivity index is 2.07. The average Bonchev–Trinajstić information content (AvgIpc) is 2.76. The maximum atomic E-state index is 9.37. The number of thiazole rings is 1. The highest BCUT2D eigenvalue weighted by Gasteiger charge is 2.01. The molecule has 0 saturated heterocycles. The van der Waals surface area contributed by atoms with E-state index in [4.69, 9.17) is 0 Å². The molecule has 0 spiro atoms. The van der Waals surface area contributed by atoms with Crippen molar-refractivity contribution < 1.29 is 5.11 Å². The van der Waals surface area contributed by atoms with E-state index in [0.29, 0.717) is 0 Å². The normalized spacial score (nSPS) is 12.9. The highest BCUT2D eigenvalue weighted by atomic mass is 32.1. The number of nitrogens with one attached hydrogen (secondary N) is 1. The second kappa shape index (κ2) is 7.76. The monoisotopic (exact) mass is 242 g/mol. The third kappa shape index (κ3) is 5.05. The van der Waals surface area contributed by atoms with Crippen LogP contribution in [0.2, 0.25) is 0 Å². The third-order valence-electron chi connectivity index (χ3n) is 2.57. The topological polar surface area (TPSA) is 45.2 Å². The molecule has 1 unspecified atom stereocenters. The number of nitrogens with zero attached hydrogens (tertiary/aromatic N) is 1. The number of aliphatic hydroxyl groups excluding tert-OH is 1. The summed E-state index contributed by atoms with van der Waals surface area (Å²) in [6.45, 7) is 6.01. The van der Waals surface area contributed by atoms with Crippen LogP contribution in [0.4, 0.5) is 0 Å². The van der Waals surface area contributed by atoms with E-state index < -0.39 is 0 Å². The standard InChI is InChI=1S/C12H22N2OS/c1-3-10(15)6-5-7-13-8-11-9-14-12(4-2)16-11/h9-10,13,15H,3-8H2,1-2H3. The van der Waals surface area contributed by atoms with Crippen molar-refractivity contribution in [2.45, 2.75) is 52.2 Å². The van der Waals surface area contributed by atoms with Gasteiger partial charge in [-0.15, -0.1) is 11.3 Å². The van der Waals surface area contributed by atoms with Gasteiger partial charge in [0.05, 0.1) is 11.1 Å². The lowest BCUT2D eigenvalue weighted by Gasteiger charge is -2.07. The zero-order chi connectivity index (χ0) is 11.8. The average molecular weight is 242 g/mol. The van der Waals surface area contributed by atoms with Crippen molar-refractivity contribution in [2.24, 2.45) is 0 Å². The molecular formula is C12H22N2OS. The quantitative estimate of drug-likeness (QED) is 0.688. The fourth-order valence-corrected chi connectivity index (χ4v) is 2.30. The molecule has 2 N–H and O–H groups in total. The van der Waals surface area contributed by atoms with E-state index in [-0.39, 0.29) is 6.10 Å². The lowest BCUT2D eigenvalue weighted by atomic mass is 10.1. The summed E-state index contributed by atoms with van der Waals surface area (Å²) >= 11 is 1.78. The number of hydrogen-bond donors (Lipinski definition) is 2. The molecular weight excluding hydrogens is 220 g/mol. The van der Waals surface area contributed by atoms with Crippen LogP contribution in [-0.2, 0) is 13.0 Å². The van der Waals surface area contributed by atoms with E-state index in [9.17, 15) is 5.11 Å². The van der Waals surface area contributed by atoms with Crippen molar-refractivity contribution in [3.05, 3.63) is 16.1 Å². The molecule has 4 heteroatoms. The molecule has 0 radical (unpaired) electrons. The maximum absolute atomic E-state index is 9.37. The molecule has 0 amide bonds. The summed E-state index contributed by atoms with van der Waals surface area (Å²) in [5.74, 6) is 0. The van der Waals surface area contributed by atoms with Gasteiger partial charge in [0.15, 0.2) is 0 Å². The van der Waals surface area contributed by atoms with Gasteiger partial charge in [0.2, 0.25) is 0 Å². The SMILES string of the molecule is CCc1ncc(CNCCCC(O)CC)s1. The fraction of sp³-hybridized carbons (Fsp3) is 0.750. The molecule has 1 heterocycles. The maximum Gasteiger partial charge on any atom is 0.0925 e. The van der Waals surface area contributed by atoms with Crippen molar-refractivity contribution in [1.82, 2.24) is 10.3 Å². The van der Waals surface area contributed by atoms with Gasteiger partial charge in [0, 0.05) is 17.6 Å².